The molecule has 1 N–H and O–H groups in total. The molecule has 110 valence electrons. The summed E-state index contributed by atoms with van der Waals surface area (Å²) in [5.74, 6) is -0.479. The second-order valence-electron chi connectivity index (χ2n) is 5.65. The number of aliphatic hydroxyl groups excluding tert-OH is 1. The first kappa shape index (κ1) is 14.9. The minimum atomic E-state index is -0.610. The molecule has 0 aromatic carbocycles. The van der Waals surface area contributed by atoms with Crippen molar-refractivity contribution in [2.24, 2.45) is 5.92 Å². The molecule has 0 aromatic heterocycles. The molecule has 2 aliphatic heterocycles. The van der Waals surface area contributed by atoms with Crippen LogP contribution in [0.5, 0.6) is 0 Å². The summed E-state index contributed by atoms with van der Waals surface area (Å²) in [5.41, 5.74) is 0. The highest BCUT2D eigenvalue weighted by atomic mass is 16.8. The van der Waals surface area contributed by atoms with Crippen LogP contribution >= 0.6 is 0 Å². The van der Waals surface area contributed by atoms with Crippen molar-refractivity contribution in [2.45, 2.75) is 57.1 Å². The highest BCUT2D eigenvalue weighted by Crippen LogP contribution is 2.40. The van der Waals surface area contributed by atoms with E-state index < -0.39 is 12.1 Å². The Bertz CT molecular complexity index is 317. The van der Waals surface area contributed by atoms with Gasteiger partial charge in [0.05, 0.1) is 6.10 Å². The van der Waals surface area contributed by atoms with Gasteiger partial charge in [-0.15, -0.1) is 6.58 Å². The van der Waals surface area contributed by atoms with Gasteiger partial charge in [-0.2, -0.15) is 0 Å². The summed E-state index contributed by atoms with van der Waals surface area (Å²) in [7, 11) is 1.60. The monoisotopic (exact) mass is 272 g/mol. The molecular weight excluding hydrogens is 248 g/mol. The van der Waals surface area contributed by atoms with E-state index in [1.807, 2.05) is 19.9 Å². The van der Waals surface area contributed by atoms with Crippen LogP contribution in [-0.4, -0.2) is 49.2 Å². The Morgan fingerprint density at radius 1 is 1.37 bits per heavy atom. The molecule has 2 aliphatic rings. The van der Waals surface area contributed by atoms with Gasteiger partial charge in [0.2, 0.25) is 0 Å². The predicted octanol–water partition coefficient (Wildman–Crippen LogP) is 1.45. The lowest BCUT2D eigenvalue weighted by Gasteiger charge is -2.25. The van der Waals surface area contributed by atoms with E-state index in [9.17, 15) is 5.11 Å². The molecule has 5 atom stereocenters. The number of hydrogen-bond acceptors (Lipinski definition) is 5. The molecule has 2 rings (SSSR count). The predicted molar refractivity (Wildman–Crippen MR) is 69.5 cm³/mol. The van der Waals surface area contributed by atoms with Gasteiger partial charge < -0.3 is 24.1 Å². The van der Waals surface area contributed by atoms with Gasteiger partial charge in [0.1, 0.15) is 12.2 Å². The van der Waals surface area contributed by atoms with Crippen LogP contribution in [0.2, 0.25) is 0 Å². The van der Waals surface area contributed by atoms with Crippen LogP contribution in [0, 0.1) is 5.92 Å². The molecule has 0 aromatic rings. The largest absolute Gasteiger partial charge is 0.396 e. The van der Waals surface area contributed by atoms with E-state index in [0.29, 0.717) is 6.42 Å². The molecule has 0 amide bonds. The zero-order valence-corrected chi connectivity index (χ0v) is 11.9. The van der Waals surface area contributed by atoms with Gasteiger partial charge in [-0.25, -0.2) is 0 Å². The molecule has 0 spiro atoms. The van der Waals surface area contributed by atoms with Gasteiger partial charge in [0, 0.05) is 13.7 Å². The molecule has 19 heavy (non-hydrogen) atoms. The third-order valence-corrected chi connectivity index (χ3v) is 3.66. The van der Waals surface area contributed by atoms with Crippen molar-refractivity contribution in [1.29, 1.82) is 0 Å². The standard InChI is InChI=1S/C14H24O5/c1-5-6-9(8-15)7-10-11-12(13(16-4)17-10)19-14(2,3)18-11/h5,9-13,15H,1,6-8H2,2-4H3. The van der Waals surface area contributed by atoms with Crippen molar-refractivity contribution in [3.05, 3.63) is 12.7 Å². The molecule has 0 saturated carbocycles. The van der Waals surface area contributed by atoms with E-state index in [1.54, 1.807) is 7.11 Å². The Morgan fingerprint density at radius 2 is 2.05 bits per heavy atom. The first-order chi connectivity index (χ1) is 9.00. The summed E-state index contributed by atoms with van der Waals surface area (Å²) in [6.07, 6.45) is 2.43. The minimum Gasteiger partial charge on any atom is -0.396 e. The number of aliphatic hydroxyl groups is 1. The van der Waals surface area contributed by atoms with Gasteiger partial charge in [0.25, 0.3) is 0 Å². The Hall–Kier alpha value is -0.460. The molecule has 2 heterocycles. The number of ether oxygens (including phenoxy) is 4. The SMILES string of the molecule is C=CCC(CO)CC1OC(OC)C2OC(C)(C)OC12. The molecule has 5 heteroatoms. The summed E-state index contributed by atoms with van der Waals surface area (Å²) < 4.78 is 22.9. The molecule has 2 saturated heterocycles. The Morgan fingerprint density at radius 3 is 2.63 bits per heavy atom. The Balaban J connectivity index is 2.03. The van der Waals surface area contributed by atoms with Crippen LogP contribution in [-0.2, 0) is 18.9 Å². The first-order valence-corrected chi connectivity index (χ1v) is 6.76. The molecule has 0 bridgehead atoms. The van der Waals surface area contributed by atoms with Crippen LogP contribution in [0.3, 0.4) is 0 Å². The molecular formula is C14H24O5. The van der Waals surface area contributed by atoms with Crippen molar-refractivity contribution >= 4 is 0 Å². The first-order valence-electron chi connectivity index (χ1n) is 6.76. The summed E-state index contributed by atoms with van der Waals surface area (Å²) in [6.45, 7) is 7.61. The smallest absolute Gasteiger partial charge is 0.186 e. The molecule has 2 fully saturated rings. The van der Waals surface area contributed by atoms with Crippen molar-refractivity contribution in [2.75, 3.05) is 13.7 Å². The van der Waals surface area contributed by atoms with Gasteiger partial charge in [-0.05, 0) is 32.6 Å². The third-order valence-electron chi connectivity index (χ3n) is 3.66. The lowest BCUT2D eigenvalue weighted by molar-refractivity contribution is -0.228. The van der Waals surface area contributed by atoms with Gasteiger partial charge in [-0.3, -0.25) is 0 Å². The molecule has 0 radical (unpaired) electrons. The topological polar surface area (TPSA) is 57.2 Å². The lowest BCUT2D eigenvalue weighted by atomic mass is 9.95. The van der Waals surface area contributed by atoms with Crippen molar-refractivity contribution in [3.63, 3.8) is 0 Å². The van der Waals surface area contributed by atoms with Crippen molar-refractivity contribution < 1.29 is 24.1 Å². The van der Waals surface area contributed by atoms with Crippen LogP contribution in [0.25, 0.3) is 0 Å². The normalized spacial score (nSPS) is 38.1. The number of fused-ring (bicyclic) bond motifs is 1. The highest BCUT2D eigenvalue weighted by Gasteiger charge is 2.55. The van der Waals surface area contributed by atoms with Gasteiger partial charge >= 0.3 is 0 Å². The second-order valence-corrected chi connectivity index (χ2v) is 5.65. The van der Waals surface area contributed by atoms with Crippen LogP contribution in [0.1, 0.15) is 26.7 Å². The molecule has 0 aliphatic carbocycles. The maximum Gasteiger partial charge on any atom is 0.186 e. The quantitative estimate of drug-likeness (QED) is 0.742. The van der Waals surface area contributed by atoms with Crippen molar-refractivity contribution in [1.82, 2.24) is 0 Å². The number of methoxy groups -OCH3 is 1. The maximum absolute atomic E-state index is 9.38. The van der Waals surface area contributed by atoms with Crippen LogP contribution < -0.4 is 0 Å². The van der Waals surface area contributed by atoms with Crippen LogP contribution in [0.15, 0.2) is 12.7 Å². The molecule has 5 unspecified atom stereocenters. The highest BCUT2D eigenvalue weighted by molar-refractivity contribution is 4.96. The minimum absolute atomic E-state index is 0.116. The van der Waals surface area contributed by atoms with Gasteiger partial charge in [-0.1, -0.05) is 6.08 Å². The third kappa shape index (κ3) is 3.17. The second kappa shape index (κ2) is 5.89. The number of allylic oxidation sites excluding steroid dienone is 1. The van der Waals surface area contributed by atoms with E-state index in [1.165, 1.54) is 0 Å². The number of rotatable bonds is 6. The fourth-order valence-corrected chi connectivity index (χ4v) is 2.83. The lowest BCUT2D eigenvalue weighted by Crippen LogP contribution is -2.31. The van der Waals surface area contributed by atoms with E-state index in [4.69, 9.17) is 18.9 Å². The van der Waals surface area contributed by atoms with Crippen molar-refractivity contribution in [3.8, 4) is 0 Å². The zero-order chi connectivity index (χ0) is 14.0. The van der Waals surface area contributed by atoms with Crippen LogP contribution in [0.4, 0.5) is 0 Å². The summed E-state index contributed by atoms with van der Waals surface area (Å²) in [4.78, 5) is 0. The van der Waals surface area contributed by atoms with E-state index >= 15 is 0 Å². The zero-order valence-electron chi connectivity index (χ0n) is 11.9. The maximum atomic E-state index is 9.38. The Labute approximate surface area is 114 Å². The average molecular weight is 272 g/mol. The van der Waals surface area contributed by atoms with E-state index in [0.717, 1.165) is 6.42 Å². The summed E-state index contributed by atoms with van der Waals surface area (Å²) >= 11 is 0. The van der Waals surface area contributed by atoms with E-state index in [2.05, 4.69) is 6.58 Å². The fourth-order valence-electron chi connectivity index (χ4n) is 2.83. The van der Waals surface area contributed by atoms with E-state index in [-0.39, 0.29) is 30.8 Å². The number of hydrogen-bond donors (Lipinski definition) is 1. The summed E-state index contributed by atoms with van der Waals surface area (Å²) in [5, 5.41) is 9.38. The Kier molecular flexibility index (Phi) is 4.63. The summed E-state index contributed by atoms with van der Waals surface area (Å²) in [6, 6.07) is 0. The average Bonchev–Trinajstić information content (AvgIpc) is 2.83. The molecule has 5 nitrogen and oxygen atoms in total. The van der Waals surface area contributed by atoms with Gasteiger partial charge in [0.15, 0.2) is 12.1 Å². The fraction of sp³-hybridized carbons (Fsp3) is 0.857.